The molecule has 0 aliphatic heterocycles. The van der Waals surface area contributed by atoms with Crippen LogP contribution in [0.3, 0.4) is 0 Å². The lowest BCUT2D eigenvalue weighted by Crippen LogP contribution is -2.12. The van der Waals surface area contributed by atoms with Crippen molar-refractivity contribution in [2.75, 3.05) is 26.9 Å². The van der Waals surface area contributed by atoms with Crippen molar-refractivity contribution < 1.29 is 9.47 Å². The Hall–Kier alpha value is -1.13. The zero-order valence-electron chi connectivity index (χ0n) is 11.0. The van der Waals surface area contributed by atoms with Crippen LogP contribution in [0.2, 0.25) is 0 Å². The molecule has 1 N–H and O–H groups in total. The van der Waals surface area contributed by atoms with Crippen molar-refractivity contribution in [2.45, 2.75) is 26.8 Å². The van der Waals surface area contributed by atoms with Gasteiger partial charge in [0, 0.05) is 38.4 Å². The van der Waals surface area contributed by atoms with Crippen molar-refractivity contribution in [2.24, 2.45) is 0 Å². The van der Waals surface area contributed by atoms with Crippen LogP contribution in [0.25, 0.3) is 0 Å². The molecule has 0 saturated heterocycles. The van der Waals surface area contributed by atoms with E-state index >= 15 is 0 Å². The molecule has 4 nitrogen and oxygen atoms in total. The number of nitrogens with one attached hydrogen (secondary N) is 1. The van der Waals surface area contributed by atoms with E-state index < -0.39 is 0 Å². The van der Waals surface area contributed by atoms with Crippen molar-refractivity contribution in [3.63, 3.8) is 0 Å². The van der Waals surface area contributed by atoms with E-state index in [0.29, 0.717) is 12.5 Å². The number of aromatic nitrogens is 1. The molecule has 0 bridgehead atoms. The van der Waals surface area contributed by atoms with Gasteiger partial charge in [-0.05, 0) is 25.1 Å². The van der Waals surface area contributed by atoms with E-state index in [1.165, 1.54) is 5.56 Å². The second kappa shape index (κ2) is 8.03. The minimum atomic E-state index is 0.644. The summed E-state index contributed by atoms with van der Waals surface area (Å²) < 4.78 is 10.6. The number of nitrogens with zero attached hydrogens (tertiary/aromatic N) is 1. The van der Waals surface area contributed by atoms with Gasteiger partial charge in [0.05, 0.1) is 6.61 Å². The first kappa shape index (κ1) is 13.9. The Bertz CT molecular complexity index is 329. The SMILES string of the molecule is CCNCc1cc(C)nc(OCCCOC)c1. The van der Waals surface area contributed by atoms with Crippen LogP contribution in [0.5, 0.6) is 5.88 Å². The van der Waals surface area contributed by atoms with Gasteiger partial charge < -0.3 is 14.8 Å². The minimum absolute atomic E-state index is 0.644. The zero-order valence-corrected chi connectivity index (χ0v) is 11.0. The number of hydrogen-bond donors (Lipinski definition) is 1. The molecule has 0 aromatic carbocycles. The highest BCUT2D eigenvalue weighted by Gasteiger charge is 2.01. The van der Waals surface area contributed by atoms with E-state index in [0.717, 1.165) is 31.8 Å². The van der Waals surface area contributed by atoms with E-state index in [1.54, 1.807) is 7.11 Å². The van der Waals surface area contributed by atoms with Gasteiger partial charge in [-0.15, -0.1) is 0 Å². The Morgan fingerprint density at radius 3 is 2.82 bits per heavy atom. The summed E-state index contributed by atoms with van der Waals surface area (Å²) in [6.45, 7) is 7.26. The Morgan fingerprint density at radius 2 is 2.12 bits per heavy atom. The molecule has 96 valence electrons. The van der Waals surface area contributed by atoms with Crippen molar-refractivity contribution in [1.82, 2.24) is 10.3 Å². The molecule has 1 rings (SSSR count). The first-order valence-corrected chi connectivity index (χ1v) is 6.06. The van der Waals surface area contributed by atoms with Crippen molar-refractivity contribution in [3.05, 3.63) is 23.4 Å². The van der Waals surface area contributed by atoms with Crippen molar-refractivity contribution >= 4 is 0 Å². The maximum atomic E-state index is 5.59. The third kappa shape index (κ3) is 5.65. The predicted octanol–water partition coefficient (Wildman–Crippen LogP) is 1.91. The number of ether oxygens (including phenoxy) is 2. The number of aryl methyl sites for hydroxylation is 1. The third-order valence-corrected chi connectivity index (χ3v) is 2.31. The van der Waals surface area contributed by atoms with E-state index in [1.807, 2.05) is 13.0 Å². The largest absolute Gasteiger partial charge is 0.478 e. The molecule has 0 unspecified atom stereocenters. The molecular formula is C13H22N2O2. The molecule has 0 spiro atoms. The summed E-state index contributed by atoms with van der Waals surface area (Å²) in [5.74, 6) is 0.703. The number of rotatable bonds is 8. The molecule has 1 aromatic heterocycles. The molecule has 17 heavy (non-hydrogen) atoms. The van der Waals surface area contributed by atoms with Crippen molar-refractivity contribution in [3.8, 4) is 5.88 Å². The average molecular weight is 238 g/mol. The highest BCUT2D eigenvalue weighted by Crippen LogP contribution is 2.12. The van der Waals surface area contributed by atoms with Crippen LogP contribution in [-0.2, 0) is 11.3 Å². The topological polar surface area (TPSA) is 43.4 Å². The summed E-state index contributed by atoms with van der Waals surface area (Å²) in [5, 5.41) is 3.29. The van der Waals surface area contributed by atoms with Gasteiger partial charge in [-0.3, -0.25) is 0 Å². The Labute approximate surface area is 103 Å². The maximum Gasteiger partial charge on any atom is 0.213 e. The van der Waals surface area contributed by atoms with Crippen LogP contribution in [0.1, 0.15) is 24.6 Å². The molecule has 0 fully saturated rings. The predicted molar refractivity (Wildman–Crippen MR) is 68.3 cm³/mol. The molecule has 4 heteroatoms. The average Bonchev–Trinajstić information content (AvgIpc) is 2.31. The summed E-state index contributed by atoms with van der Waals surface area (Å²) in [5.41, 5.74) is 2.20. The summed E-state index contributed by atoms with van der Waals surface area (Å²) in [7, 11) is 1.69. The molecule has 0 saturated carbocycles. The number of pyridine rings is 1. The summed E-state index contributed by atoms with van der Waals surface area (Å²) in [6.07, 6.45) is 0.884. The van der Waals surface area contributed by atoms with E-state index in [9.17, 15) is 0 Å². The van der Waals surface area contributed by atoms with Crippen LogP contribution in [0.4, 0.5) is 0 Å². The lowest BCUT2D eigenvalue weighted by atomic mass is 10.2. The van der Waals surface area contributed by atoms with Gasteiger partial charge in [0.1, 0.15) is 0 Å². The summed E-state index contributed by atoms with van der Waals surface area (Å²) in [4.78, 5) is 4.35. The Morgan fingerprint density at radius 1 is 1.29 bits per heavy atom. The van der Waals surface area contributed by atoms with Gasteiger partial charge in [-0.25, -0.2) is 4.98 Å². The summed E-state index contributed by atoms with van der Waals surface area (Å²) in [6, 6.07) is 4.06. The molecule has 1 aromatic rings. The first-order chi connectivity index (χ1) is 8.26. The maximum absolute atomic E-state index is 5.59. The molecule has 0 atom stereocenters. The zero-order chi connectivity index (χ0) is 12.5. The second-order valence-corrected chi connectivity index (χ2v) is 3.93. The second-order valence-electron chi connectivity index (χ2n) is 3.93. The van der Waals surface area contributed by atoms with Crippen LogP contribution in [0.15, 0.2) is 12.1 Å². The number of methoxy groups -OCH3 is 1. The summed E-state index contributed by atoms with van der Waals surface area (Å²) >= 11 is 0. The molecule has 0 radical (unpaired) electrons. The monoisotopic (exact) mass is 238 g/mol. The van der Waals surface area contributed by atoms with Crippen LogP contribution < -0.4 is 10.1 Å². The Kier molecular flexibility index (Phi) is 6.58. The highest BCUT2D eigenvalue weighted by atomic mass is 16.5. The van der Waals surface area contributed by atoms with Crippen LogP contribution in [0, 0.1) is 6.92 Å². The molecule has 1 heterocycles. The quantitative estimate of drug-likeness (QED) is 0.703. The molecule has 0 aliphatic carbocycles. The number of hydrogen-bond acceptors (Lipinski definition) is 4. The van der Waals surface area contributed by atoms with Crippen molar-refractivity contribution in [1.29, 1.82) is 0 Å². The lowest BCUT2D eigenvalue weighted by molar-refractivity contribution is 0.170. The lowest BCUT2D eigenvalue weighted by Gasteiger charge is -2.09. The third-order valence-electron chi connectivity index (χ3n) is 2.31. The minimum Gasteiger partial charge on any atom is -0.478 e. The van der Waals surface area contributed by atoms with Gasteiger partial charge in [0.25, 0.3) is 0 Å². The van der Waals surface area contributed by atoms with Crippen LogP contribution in [-0.4, -0.2) is 31.9 Å². The fourth-order valence-corrected chi connectivity index (χ4v) is 1.53. The standard InChI is InChI=1S/C13H22N2O2/c1-4-14-10-12-8-11(2)15-13(9-12)17-7-5-6-16-3/h8-9,14H,4-7,10H2,1-3H3. The fourth-order valence-electron chi connectivity index (χ4n) is 1.53. The van der Waals surface area contributed by atoms with E-state index in [4.69, 9.17) is 9.47 Å². The first-order valence-electron chi connectivity index (χ1n) is 6.06. The smallest absolute Gasteiger partial charge is 0.213 e. The fraction of sp³-hybridized carbons (Fsp3) is 0.615. The van der Waals surface area contributed by atoms with E-state index in [2.05, 4.69) is 23.3 Å². The van der Waals surface area contributed by atoms with Gasteiger partial charge in [-0.2, -0.15) is 0 Å². The van der Waals surface area contributed by atoms with Gasteiger partial charge >= 0.3 is 0 Å². The van der Waals surface area contributed by atoms with Gasteiger partial charge in [-0.1, -0.05) is 6.92 Å². The van der Waals surface area contributed by atoms with E-state index in [-0.39, 0.29) is 0 Å². The molecule has 0 aliphatic rings. The molecule has 0 amide bonds. The van der Waals surface area contributed by atoms with Gasteiger partial charge in [0.2, 0.25) is 5.88 Å². The normalized spacial score (nSPS) is 10.5. The molecular weight excluding hydrogens is 216 g/mol. The highest BCUT2D eigenvalue weighted by molar-refractivity contribution is 5.24. The Balaban J connectivity index is 2.50. The van der Waals surface area contributed by atoms with Crippen LogP contribution >= 0.6 is 0 Å². The van der Waals surface area contributed by atoms with Gasteiger partial charge in [0.15, 0.2) is 0 Å².